The van der Waals surface area contributed by atoms with Gasteiger partial charge in [0.05, 0.1) is 5.56 Å². The third-order valence-corrected chi connectivity index (χ3v) is 8.94. The van der Waals surface area contributed by atoms with Gasteiger partial charge >= 0.3 is 5.97 Å². The molecule has 0 spiro atoms. The normalized spacial score (nSPS) is 34.6. The van der Waals surface area contributed by atoms with Crippen LogP contribution in [0.4, 0.5) is 0 Å². The number of hydrogen-bond acceptors (Lipinski definition) is 3. The van der Waals surface area contributed by atoms with Crippen LogP contribution in [0.5, 0.6) is 0 Å². The molecular formula is C26H28O3S. The summed E-state index contributed by atoms with van der Waals surface area (Å²) in [6.07, 6.45) is 12.9. The van der Waals surface area contributed by atoms with E-state index in [0.29, 0.717) is 29.7 Å². The van der Waals surface area contributed by atoms with Crippen molar-refractivity contribution < 1.29 is 14.7 Å². The number of ketones is 1. The molecule has 0 bridgehead atoms. The zero-order chi connectivity index (χ0) is 21.0. The lowest BCUT2D eigenvalue weighted by atomic mass is 9.53. The molecule has 5 atom stereocenters. The molecular weight excluding hydrogens is 392 g/mol. The molecule has 1 N–H and O–H groups in total. The zero-order valence-corrected chi connectivity index (χ0v) is 18.2. The van der Waals surface area contributed by atoms with E-state index in [2.05, 4.69) is 13.0 Å². The van der Waals surface area contributed by atoms with E-state index in [4.69, 9.17) is 12.2 Å². The molecule has 4 heteroatoms. The van der Waals surface area contributed by atoms with Gasteiger partial charge in [0.1, 0.15) is 0 Å². The summed E-state index contributed by atoms with van der Waals surface area (Å²) in [6.45, 7) is 2.36. The first kappa shape index (κ1) is 19.9. The number of carbonyl (C=O) groups is 2. The Balaban J connectivity index is 1.42. The SMILES string of the molecule is C[C@]12CC[C@@H]3c4ccc(C(=O)O)cc4CC[C@H]3[C@@H]1CC[C@@H]2C(=O)C1=CC=CCC1=S. The van der Waals surface area contributed by atoms with Crippen molar-refractivity contribution in [3.63, 3.8) is 0 Å². The topological polar surface area (TPSA) is 54.4 Å². The lowest BCUT2D eigenvalue weighted by Crippen LogP contribution is -2.44. The second kappa shape index (κ2) is 7.26. The molecule has 0 aliphatic heterocycles. The quantitative estimate of drug-likeness (QED) is 0.639. The Morgan fingerprint density at radius 1 is 1.17 bits per heavy atom. The molecule has 0 heterocycles. The summed E-state index contributed by atoms with van der Waals surface area (Å²) in [5.41, 5.74) is 3.79. The van der Waals surface area contributed by atoms with Gasteiger partial charge in [-0.05, 0) is 85.0 Å². The second-order valence-corrected chi connectivity index (χ2v) is 10.3. The summed E-state index contributed by atoms with van der Waals surface area (Å²) in [5, 5.41) is 9.33. The van der Waals surface area contributed by atoms with Crippen molar-refractivity contribution in [1.82, 2.24) is 0 Å². The fourth-order valence-corrected chi connectivity index (χ4v) is 7.36. The molecule has 0 aromatic heterocycles. The number of thiocarbonyl (C=S) groups is 1. The molecule has 0 unspecified atom stereocenters. The van der Waals surface area contributed by atoms with Crippen LogP contribution in [-0.4, -0.2) is 21.7 Å². The first-order chi connectivity index (χ1) is 14.4. The average Bonchev–Trinajstić information content (AvgIpc) is 3.10. The van der Waals surface area contributed by atoms with Crippen molar-refractivity contribution in [3.05, 3.63) is 58.7 Å². The maximum atomic E-state index is 13.5. The molecule has 5 rings (SSSR count). The van der Waals surface area contributed by atoms with Gasteiger partial charge in [0, 0.05) is 22.8 Å². The summed E-state index contributed by atoms with van der Waals surface area (Å²) in [7, 11) is 0. The molecule has 4 aliphatic rings. The summed E-state index contributed by atoms with van der Waals surface area (Å²) < 4.78 is 0. The van der Waals surface area contributed by atoms with Crippen molar-refractivity contribution in [2.45, 2.75) is 57.8 Å². The van der Waals surface area contributed by atoms with E-state index in [1.165, 1.54) is 11.1 Å². The van der Waals surface area contributed by atoms with Crippen molar-refractivity contribution in [2.24, 2.45) is 23.2 Å². The Kier molecular flexibility index (Phi) is 4.81. The predicted molar refractivity (Wildman–Crippen MR) is 121 cm³/mol. The van der Waals surface area contributed by atoms with Gasteiger partial charge in [-0.3, -0.25) is 4.79 Å². The number of carboxylic acid groups (broad SMARTS) is 1. The minimum Gasteiger partial charge on any atom is -0.478 e. The fraction of sp³-hybridized carbons (Fsp3) is 0.500. The highest BCUT2D eigenvalue weighted by Gasteiger charge is 2.56. The lowest BCUT2D eigenvalue weighted by Gasteiger charge is -2.51. The van der Waals surface area contributed by atoms with E-state index >= 15 is 0 Å². The number of allylic oxidation sites excluding steroid dienone is 4. The zero-order valence-electron chi connectivity index (χ0n) is 17.4. The molecule has 2 fully saturated rings. The molecule has 156 valence electrons. The number of carboxylic acids is 1. The number of fused-ring (bicyclic) bond motifs is 5. The average molecular weight is 421 g/mol. The number of aryl methyl sites for hydroxylation is 1. The summed E-state index contributed by atoms with van der Waals surface area (Å²) in [4.78, 5) is 25.6. The Morgan fingerprint density at radius 3 is 2.77 bits per heavy atom. The monoisotopic (exact) mass is 420 g/mol. The van der Waals surface area contributed by atoms with Crippen molar-refractivity contribution >= 4 is 28.8 Å². The smallest absolute Gasteiger partial charge is 0.335 e. The number of benzene rings is 1. The standard InChI is InChI=1S/C26H28O3S/c1-26-13-12-18-17-8-7-16(25(28)29)14-15(17)6-9-19(18)21(26)10-11-22(26)24(27)20-4-2-3-5-23(20)30/h2-4,7-8,14,18-19,21-22H,5-6,9-13H2,1H3,(H,28,29)/t18-,19-,21+,22-,26+/m1/s1. The molecule has 4 aliphatic carbocycles. The van der Waals surface area contributed by atoms with E-state index in [1.54, 1.807) is 6.07 Å². The first-order valence-corrected chi connectivity index (χ1v) is 11.6. The van der Waals surface area contributed by atoms with Crippen LogP contribution in [0.1, 0.15) is 72.9 Å². The van der Waals surface area contributed by atoms with Crippen LogP contribution in [0.15, 0.2) is 42.0 Å². The van der Waals surface area contributed by atoms with E-state index in [9.17, 15) is 14.7 Å². The van der Waals surface area contributed by atoms with Crippen LogP contribution >= 0.6 is 12.2 Å². The van der Waals surface area contributed by atoms with Gasteiger partial charge in [0.15, 0.2) is 5.78 Å². The van der Waals surface area contributed by atoms with Crippen molar-refractivity contribution in [3.8, 4) is 0 Å². The molecule has 30 heavy (non-hydrogen) atoms. The van der Waals surface area contributed by atoms with Gasteiger partial charge < -0.3 is 5.11 Å². The van der Waals surface area contributed by atoms with Crippen LogP contribution in [0.2, 0.25) is 0 Å². The molecule has 1 aromatic rings. The molecule has 2 saturated carbocycles. The van der Waals surface area contributed by atoms with Gasteiger partial charge in [-0.25, -0.2) is 4.79 Å². The van der Waals surface area contributed by atoms with E-state index < -0.39 is 5.97 Å². The van der Waals surface area contributed by atoms with Crippen molar-refractivity contribution in [2.75, 3.05) is 0 Å². The highest BCUT2D eigenvalue weighted by Crippen LogP contribution is 2.63. The number of aromatic carboxylic acids is 1. The number of hydrogen-bond donors (Lipinski definition) is 1. The highest BCUT2D eigenvalue weighted by atomic mass is 32.1. The van der Waals surface area contributed by atoms with E-state index in [-0.39, 0.29) is 17.1 Å². The van der Waals surface area contributed by atoms with Gasteiger partial charge in [0.2, 0.25) is 0 Å². The Morgan fingerprint density at radius 2 is 2.00 bits per heavy atom. The summed E-state index contributed by atoms with van der Waals surface area (Å²) in [6, 6.07) is 5.71. The number of rotatable bonds is 3. The minimum atomic E-state index is -0.849. The van der Waals surface area contributed by atoms with Gasteiger partial charge in [-0.15, -0.1) is 0 Å². The van der Waals surface area contributed by atoms with E-state index in [0.717, 1.165) is 49.0 Å². The predicted octanol–water partition coefficient (Wildman–Crippen LogP) is 5.68. The van der Waals surface area contributed by atoms with Crippen LogP contribution < -0.4 is 0 Å². The molecule has 0 radical (unpaired) electrons. The molecule has 3 nitrogen and oxygen atoms in total. The fourth-order valence-electron chi connectivity index (χ4n) is 7.10. The van der Waals surface area contributed by atoms with Crippen molar-refractivity contribution in [1.29, 1.82) is 0 Å². The van der Waals surface area contributed by atoms with Gasteiger partial charge in [-0.2, -0.15) is 0 Å². The number of Topliss-reactive ketones (excluding diaryl/α,β-unsaturated/α-hetero) is 1. The molecule has 1 aromatic carbocycles. The van der Waals surface area contributed by atoms with E-state index in [1.807, 2.05) is 24.3 Å². The largest absolute Gasteiger partial charge is 0.478 e. The third kappa shape index (κ3) is 2.95. The van der Waals surface area contributed by atoms with Crippen LogP contribution in [-0.2, 0) is 11.2 Å². The Hall–Kier alpha value is -2.07. The molecule has 0 saturated heterocycles. The van der Waals surface area contributed by atoms with Crippen LogP contribution in [0.3, 0.4) is 0 Å². The summed E-state index contributed by atoms with van der Waals surface area (Å²) in [5.74, 6) is 1.16. The summed E-state index contributed by atoms with van der Waals surface area (Å²) >= 11 is 5.50. The van der Waals surface area contributed by atoms with Gasteiger partial charge in [0.25, 0.3) is 0 Å². The maximum Gasteiger partial charge on any atom is 0.335 e. The molecule has 0 amide bonds. The third-order valence-electron chi connectivity index (χ3n) is 8.56. The highest BCUT2D eigenvalue weighted by molar-refractivity contribution is 7.81. The Bertz CT molecular complexity index is 1000. The van der Waals surface area contributed by atoms with Crippen LogP contribution in [0, 0.1) is 23.2 Å². The maximum absolute atomic E-state index is 13.5. The minimum absolute atomic E-state index is 0.0500. The second-order valence-electron chi connectivity index (χ2n) is 9.81. The first-order valence-electron chi connectivity index (χ1n) is 11.2. The van der Waals surface area contributed by atoms with Gasteiger partial charge in [-0.1, -0.05) is 43.4 Å². The Labute approximate surface area is 183 Å². The number of carbonyl (C=O) groups excluding carboxylic acids is 1. The van der Waals surface area contributed by atoms with Crippen LogP contribution in [0.25, 0.3) is 0 Å². The lowest BCUT2D eigenvalue weighted by molar-refractivity contribution is -0.123.